The minimum Gasteiger partial charge on any atom is -0.455 e. The molecule has 1 aliphatic carbocycles. The number of carbonyl (C=O) groups excluding carboxylic acids is 1. The van der Waals surface area contributed by atoms with Crippen LogP contribution in [0.1, 0.15) is 32.6 Å². The Bertz CT molecular complexity index is 205. The molecule has 3 heteroatoms. The summed E-state index contributed by atoms with van der Waals surface area (Å²) in [5.41, 5.74) is -0.297. The molecular formula is C9H13ClO2. The van der Waals surface area contributed by atoms with Gasteiger partial charge in [0, 0.05) is 0 Å². The summed E-state index contributed by atoms with van der Waals surface area (Å²) < 4.78 is 5.19. The van der Waals surface area contributed by atoms with Gasteiger partial charge in [0.25, 0.3) is 0 Å². The fourth-order valence-corrected chi connectivity index (χ4v) is 1.54. The zero-order valence-corrected chi connectivity index (χ0v) is 7.99. The molecule has 12 heavy (non-hydrogen) atoms. The number of esters is 1. The summed E-state index contributed by atoms with van der Waals surface area (Å²) in [7, 11) is 0. The molecule has 0 aromatic heterocycles. The van der Waals surface area contributed by atoms with E-state index in [4.69, 9.17) is 16.3 Å². The molecule has 0 atom stereocenters. The van der Waals surface area contributed by atoms with Gasteiger partial charge in [-0.1, -0.05) is 18.2 Å². The molecule has 0 aliphatic heterocycles. The van der Waals surface area contributed by atoms with Crippen molar-refractivity contribution < 1.29 is 9.53 Å². The van der Waals surface area contributed by atoms with E-state index in [0.717, 1.165) is 25.7 Å². The van der Waals surface area contributed by atoms with Gasteiger partial charge in [0.1, 0.15) is 10.6 Å². The first-order valence-electron chi connectivity index (χ1n) is 4.11. The molecule has 1 fully saturated rings. The largest absolute Gasteiger partial charge is 0.455 e. The molecule has 0 aromatic rings. The number of halogens is 1. The van der Waals surface area contributed by atoms with Gasteiger partial charge < -0.3 is 4.74 Å². The van der Waals surface area contributed by atoms with Crippen molar-refractivity contribution >= 4 is 17.6 Å². The molecule has 0 radical (unpaired) electrons. The maximum absolute atomic E-state index is 11.1. The highest BCUT2D eigenvalue weighted by Crippen LogP contribution is 2.33. The van der Waals surface area contributed by atoms with Crippen molar-refractivity contribution in [3.63, 3.8) is 0 Å². The van der Waals surface area contributed by atoms with Crippen LogP contribution < -0.4 is 0 Å². The smallest absolute Gasteiger partial charge is 0.349 e. The summed E-state index contributed by atoms with van der Waals surface area (Å²) in [6, 6.07) is 0. The van der Waals surface area contributed by atoms with Crippen molar-refractivity contribution in [2.75, 3.05) is 0 Å². The van der Waals surface area contributed by atoms with Gasteiger partial charge in [-0.05, 0) is 32.6 Å². The van der Waals surface area contributed by atoms with Crippen molar-refractivity contribution in [3.05, 3.63) is 11.6 Å². The molecule has 0 heterocycles. The summed E-state index contributed by atoms with van der Waals surface area (Å²) >= 11 is 5.40. The lowest BCUT2D eigenvalue weighted by atomic mass is 10.1. The molecule has 1 saturated carbocycles. The highest BCUT2D eigenvalue weighted by molar-refractivity contribution is 6.40. The Balaban J connectivity index is 2.49. The first-order valence-corrected chi connectivity index (χ1v) is 4.49. The summed E-state index contributed by atoms with van der Waals surface area (Å²) in [5.74, 6) is -0.485. The number of carbonyl (C=O) groups is 1. The Labute approximate surface area is 77.5 Å². The van der Waals surface area contributed by atoms with Crippen molar-refractivity contribution in [1.82, 2.24) is 0 Å². The standard InChI is InChI=1S/C9H13ClO2/c1-7(10)8(11)12-9(2)5-3-4-6-9/h1,3-6H2,2H3. The van der Waals surface area contributed by atoms with Crippen LogP contribution in [0.25, 0.3) is 0 Å². The van der Waals surface area contributed by atoms with Crippen LogP contribution in [0.15, 0.2) is 11.6 Å². The van der Waals surface area contributed by atoms with E-state index in [1.807, 2.05) is 6.92 Å². The Morgan fingerprint density at radius 3 is 2.42 bits per heavy atom. The van der Waals surface area contributed by atoms with Crippen molar-refractivity contribution in [2.24, 2.45) is 0 Å². The van der Waals surface area contributed by atoms with E-state index in [2.05, 4.69) is 6.58 Å². The van der Waals surface area contributed by atoms with Crippen LogP contribution in [0.2, 0.25) is 0 Å². The van der Waals surface area contributed by atoms with Gasteiger partial charge >= 0.3 is 5.97 Å². The van der Waals surface area contributed by atoms with Crippen LogP contribution in [0.3, 0.4) is 0 Å². The molecule has 0 unspecified atom stereocenters. The second kappa shape index (κ2) is 3.48. The van der Waals surface area contributed by atoms with E-state index in [1.165, 1.54) is 0 Å². The molecule has 2 nitrogen and oxygen atoms in total. The Hall–Kier alpha value is -0.500. The van der Waals surface area contributed by atoms with E-state index in [9.17, 15) is 4.79 Å². The van der Waals surface area contributed by atoms with Crippen molar-refractivity contribution in [1.29, 1.82) is 0 Å². The van der Waals surface area contributed by atoms with E-state index >= 15 is 0 Å². The molecule has 68 valence electrons. The van der Waals surface area contributed by atoms with E-state index < -0.39 is 5.97 Å². The molecule has 0 aromatic carbocycles. The molecular weight excluding hydrogens is 176 g/mol. The third-order valence-electron chi connectivity index (χ3n) is 2.22. The molecule has 0 N–H and O–H groups in total. The second-order valence-electron chi connectivity index (χ2n) is 3.45. The second-order valence-corrected chi connectivity index (χ2v) is 3.91. The maximum Gasteiger partial charge on any atom is 0.349 e. The fourth-order valence-electron chi connectivity index (χ4n) is 1.50. The minimum atomic E-state index is -0.485. The Morgan fingerprint density at radius 2 is 2.00 bits per heavy atom. The maximum atomic E-state index is 11.1. The molecule has 1 aliphatic rings. The Kier molecular flexibility index (Phi) is 2.78. The zero-order chi connectivity index (χ0) is 9.19. The van der Waals surface area contributed by atoms with E-state index in [0.29, 0.717) is 0 Å². The van der Waals surface area contributed by atoms with Gasteiger partial charge in [0.2, 0.25) is 0 Å². The van der Waals surface area contributed by atoms with Crippen LogP contribution in [-0.2, 0) is 9.53 Å². The molecule has 0 saturated heterocycles. The summed E-state index contributed by atoms with van der Waals surface area (Å²) in [6.07, 6.45) is 4.11. The quantitative estimate of drug-likeness (QED) is 0.492. The van der Waals surface area contributed by atoms with Crippen molar-refractivity contribution in [2.45, 2.75) is 38.2 Å². The van der Waals surface area contributed by atoms with Crippen LogP contribution in [-0.4, -0.2) is 11.6 Å². The highest BCUT2D eigenvalue weighted by Gasteiger charge is 2.32. The predicted molar refractivity (Wildman–Crippen MR) is 48.0 cm³/mol. The van der Waals surface area contributed by atoms with Crippen molar-refractivity contribution in [3.8, 4) is 0 Å². The Morgan fingerprint density at radius 1 is 1.50 bits per heavy atom. The normalized spacial score (nSPS) is 20.5. The SMILES string of the molecule is C=C(Cl)C(=O)OC1(C)CCCC1. The summed E-state index contributed by atoms with van der Waals surface area (Å²) in [5, 5.41) is -0.0388. The summed E-state index contributed by atoms with van der Waals surface area (Å²) in [6.45, 7) is 5.26. The first-order chi connectivity index (χ1) is 5.53. The lowest BCUT2D eigenvalue weighted by molar-refractivity contribution is -0.151. The molecule has 1 rings (SSSR count). The zero-order valence-electron chi connectivity index (χ0n) is 7.23. The predicted octanol–water partition coefficient (Wildman–Crippen LogP) is 2.61. The van der Waals surface area contributed by atoms with Gasteiger partial charge in [0.15, 0.2) is 0 Å². The first kappa shape index (κ1) is 9.59. The fraction of sp³-hybridized carbons (Fsp3) is 0.667. The molecule has 0 amide bonds. The topological polar surface area (TPSA) is 26.3 Å². The average Bonchev–Trinajstić information content (AvgIpc) is 2.35. The highest BCUT2D eigenvalue weighted by atomic mass is 35.5. The lowest BCUT2D eigenvalue weighted by Crippen LogP contribution is -2.27. The third kappa shape index (κ3) is 2.24. The van der Waals surface area contributed by atoms with Crippen LogP contribution >= 0.6 is 11.6 Å². The van der Waals surface area contributed by atoms with Gasteiger partial charge in [-0.25, -0.2) is 4.79 Å². The molecule has 0 spiro atoms. The monoisotopic (exact) mass is 188 g/mol. The number of ether oxygens (including phenoxy) is 1. The average molecular weight is 189 g/mol. The van der Waals surface area contributed by atoms with Gasteiger partial charge in [0.05, 0.1) is 0 Å². The summed E-state index contributed by atoms with van der Waals surface area (Å²) in [4.78, 5) is 11.1. The third-order valence-corrected chi connectivity index (χ3v) is 2.38. The molecule has 0 bridgehead atoms. The number of hydrogen-bond acceptors (Lipinski definition) is 2. The van der Waals surface area contributed by atoms with Gasteiger partial charge in [-0.15, -0.1) is 0 Å². The lowest BCUT2D eigenvalue weighted by Gasteiger charge is -2.23. The van der Waals surface area contributed by atoms with Crippen LogP contribution in [0.4, 0.5) is 0 Å². The van der Waals surface area contributed by atoms with E-state index in [-0.39, 0.29) is 10.6 Å². The minimum absolute atomic E-state index is 0.0388. The number of rotatable bonds is 2. The van der Waals surface area contributed by atoms with Crippen LogP contribution in [0.5, 0.6) is 0 Å². The van der Waals surface area contributed by atoms with Gasteiger partial charge in [-0.3, -0.25) is 0 Å². The van der Waals surface area contributed by atoms with Gasteiger partial charge in [-0.2, -0.15) is 0 Å². The van der Waals surface area contributed by atoms with E-state index in [1.54, 1.807) is 0 Å². The number of hydrogen-bond donors (Lipinski definition) is 0. The van der Waals surface area contributed by atoms with Crippen LogP contribution in [0, 0.1) is 0 Å².